The van der Waals surface area contributed by atoms with Crippen LogP contribution >= 0.6 is 11.8 Å². The lowest BCUT2D eigenvalue weighted by atomic mass is 9.90. The number of hydrogen-bond donors (Lipinski definition) is 1. The predicted molar refractivity (Wildman–Crippen MR) is 81.8 cm³/mol. The van der Waals surface area contributed by atoms with E-state index >= 15 is 0 Å². The van der Waals surface area contributed by atoms with E-state index in [0.717, 1.165) is 36.9 Å². The Morgan fingerprint density at radius 1 is 0.952 bits per heavy atom. The van der Waals surface area contributed by atoms with Crippen LogP contribution in [0, 0.1) is 11.6 Å². The van der Waals surface area contributed by atoms with Gasteiger partial charge in [0.1, 0.15) is 11.6 Å². The lowest BCUT2D eigenvalue weighted by molar-refractivity contribution is 0.456. The molecule has 1 N–H and O–H groups in total. The molecule has 0 saturated carbocycles. The molecule has 1 saturated heterocycles. The second kappa shape index (κ2) is 6.58. The predicted octanol–water partition coefficient (Wildman–Crippen LogP) is 4.58. The van der Waals surface area contributed by atoms with Gasteiger partial charge in [-0.3, -0.25) is 0 Å². The first-order valence-electron chi connectivity index (χ1n) is 7.16. The molecule has 2 aromatic rings. The molecule has 2 aromatic carbocycles. The van der Waals surface area contributed by atoms with E-state index in [4.69, 9.17) is 0 Å². The third kappa shape index (κ3) is 3.44. The normalized spacial score (nSPS) is 16.1. The first-order chi connectivity index (χ1) is 10.2. The fourth-order valence-corrected chi connectivity index (χ4v) is 3.75. The Hall–Kier alpha value is -1.39. The smallest absolute Gasteiger partial charge is 0.140 e. The Kier molecular flexibility index (Phi) is 4.56. The second-order valence-corrected chi connectivity index (χ2v) is 6.32. The molecule has 0 aliphatic carbocycles. The number of piperidine rings is 1. The number of halogens is 2. The topological polar surface area (TPSA) is 12.0 Å². The summed E-state index contributed by atoms with van der Waals surface area (Å²) < 4.78 is 26.8. The summed E-state index contributed by atoms with van der Waals surface area (Å²) >= 11 is 1.38. The molecule has 0 amide bonds. The Labute approximate surface area is 127 Å². The molecule has 1 nitrogen and oxygen atoms in total. The molecule has 1 aliphatic heterocycles. The molecule has 4 heteroatoms. The van der Waals surface area contributed by atoms with Crippen molar-refractivity contribution in [1.29, 1.82) is 0 Å². The number of hydrogen-bond acceptors (Lipinski definition) is 2. The molecule has 0 aromatic heterocycles. The molecular formula is C17H17F2NS. The van der Waals surface area contributed by atoms with Crippen LogP contribution < -0.4 is 5.32 Å². The van der Waals surface area contributed by atoms with Crippen molar-refractivity contribution in [2.45, 2.75) is 28.6 Å². The highest BCUT2D eigenvalue weighted by Crippen LogP contribution is 2.37. The van der Waals surface area contributed by atoms with Gasteiger partial charge in [0.05, 0.1) is 0 Å². The quantitative estimate of drug-likeness (QED) is 0.890. The monoisotopic (exact) mass is 305 g/mol. The van der Waals surface area contributed by atoms with E-state index in [1.807, 2.05) is 18.2 Å². The zero-order chi connectivity index (χ0) is 14.7. The summed E-state index contributed by atoms with van der Waals surface area (Å²) in [5.74, 6) is -0.526. The SMILES string of the molecule is Fc1ccc(Sc2ccccc2C2CCNCC2)c(F)c1. The molecule has 0 atom stereocenters. The van der Waals surface area contributed by atoms with Gasteiger partial charge in [-0.05, 0) is 55.6 Å². The van der Waals surface area contributed by atoms with Gasteiger partial charge in [0.2, 0.25) is 0 Å². The van der Waals surface area contributed by atoms with E-state index in [9.17, 15) is 8.78 Å². The highest BCUT2D eigenvalue weighted by atomic mass is 32.2. The summed E-state index contributed by atoms with van der Waals surface area (Å²) in [6.45, 7) is 2.04. The van der Waals surface area contributed by atoms with Crippen LogP contribution in [0.3, 0.4) is 0 Å². The largest absolute Gasteiger partial charge is 0.317 e. The van der Waals surface area contributed by atoms with Crippen molar-refractivity contribution in [3.63, 3.8) is 0 Å². The van der Waals surface area contributed by atoms with Crippen molar-refractivity contribution in [1.82, 2.24) is 5.32 Å². The molecule has 0 bridgehead atoms. The molecule has 0 radical (unpaired) electrons. The number of rotatable bonds is 3. The summed E-state index contributed by atoms with van der Waals surface area (Å²) in [7, 11) is 0. The minimum Gasteiger partial charge on any atom is -0.317 e. The van der Waals surface area contributed by atoms with Gasteiger partial charge in [-0.2, -0.15) is 0 Å². The molecule has 1 fully saturated rings. The van der Waals surface area contributed by atoms with Gasteiger partial charge in [-0.1, -0.05) is 30.0 Å². The van der Waals surface area contributed by atoms with Gasteiger partial charge in [0, 0.05) is 15.9 Å². The van der Waals surface area contributed by atoms with Gasteiger partial charge in [-0.15, -0.1) is 0 Å². The highest BCUT2D eigenvalue weighted by Gasteiger charge is 2.19. The molecule has 0 unspecified atom stereocenters. The van der Waals surface area contributed by atoms with Gasteiger partial charge < -0.3 is 5.32 Å². The molecule has 0 spiro atoms. The molecule has 1 aliphatic rings. The maximum atomic E-state index is 13.8. The second-order valence-electron chi connectivity index (χ2n) is 5.24. The van der Waals surface area contributed by atoms with E-state index in [1.54, 1.807) is 0 Å². The van der Waals surface area contributed by atoms with Crippen molar-refractivity contribution >= 4 is 11.8 Å². The van der Waals surface area contributed by atoms with Crippen molar-refractivity contribution < 1.29 is 8.78 Å². The first kappa shape index (κ1) is 14.5. The average molecular weight is 305 g/mol. The third-order valence-electron chi connectivity index (χ3n) is 3.81. The van der Waals surface area contributed by atoms with Crippen molar-refractivity contribution in [3.05, 3.63) is 59.7 Å². The highest BCUT2D eigenvalue weighted by molar-refractivity contribution is 7.99. The van der Waals surface area contributed by atoms with Gasteiger partial charge in [0.25, 0.3) is 0 Å². The zero-order valence-electron chi connectivity index (χ0n) is 11.6. The molecule has 3 rings (SSSR count). The van der Waals surface area contributed by atoms with Crippen molar-refractivity contribution in [2.75, 3.05) is 13.1 Å². The minimum atomic E-state index is -0.538. The van der Waals surface area contributed by atoms with E-state index in [-0.39, 0.29) is 0 Å². The lowest BCUT2D eigenvalue weighted by Crippen LogP contribution is -2.26. The number of nitrogens with one attached hydrogen (secondary N) is 1. The molecule has 110 valence electrons. The van der Waals surface area contributed by atoms with Gasteiger partial charge >= 0.3 is 0 Å². The van der Waals surface area contributed by atoms with E-state index in [0.29, 0.717) is 10.8 Å². The summed E-state index contributed by atoms with van der Waals surface area (Å²) in [6, 6.07) is 11.9. The fraction of sp³-hybridized carbons (Fsp3) is 0.294. The van der Waals surface area contributed by atoms with Gasteiger partial charge in [0.15, 0.2) is 0 Å². The lowest BCUT2D eigenvalue weighted by Gasteiger charge is -2.25. The van der Waals surface area contributed by atoms with Crippen LogP contribution in [0.2, 0.25) is 0 Å². The van der Waals surface area contributed by atoms with E-state index in [2.05, 4.69) is 11.4 Å². The zero-order valence-corrected chi connectivity index (χ0v) is 12.4. The van der Waals surface area contributed by atoms with Crippen molar-refractivity contribution in [2.24, 2.45) is 0 Å². The maximum absolute atomic E-state index is 13.8. The van der Waals surface area contributed by atoms with Crippen LogP contribution in [0.1, 0.15) is 24.3 Å². The van der Waals surface area contributed by atoms with E-state index in [1.165, 1.54) is 29.5 Å². The van der Waals surface area contributed by atoms with Crippen LogP contribution in [-0.2, 0) is 0 Å². The maximum Gasteiger partial charge on any atom is 0.140 e. The van der Waals surface area contributed by atoms with Crippen molar-refractivity contribution in [3.8, 4) is 0 Å². The first-order valence-corrected chi connectivity index (χ1v) is 7.98. The summed E-state index contributed by atoms with van der Waals surface area (Å²) in [6.07, 6.45) is 2.20. The number of benzene rings is 2. The van der Waals surface area contributed by atoms with Crippen LogP contribution in [-0.4, -0.2) is 13.1 Å². The summed E-state index contributed by atoms with van der Waals surface area (Å²) in [5, 5.41) is 3.36. The Morgan fingerprint density at radius 3 is 2.48 bits per heavy atom. The fourth-order valence-electron chi connectivity index (χ4n) is 2.72. The Balaban J connectivity index is 1.88. The Morgan fingerprint density at radius 2 is 1.71 bits per heavy atom. The van der Waals surface area contributed by atoms with Crippen LogP contribution in [0.5, 0.6) is 0 Å². The van der Waals surface area contributed by atoms with Crippen LogP contribution in [0.4, 0.5) is 8.78 Å². The summed E-state index contributed by atoms with van der Waals surface area (Å²) in [5.41, 5.74) is 1.27. The van der Waals surface area contributed by atoms with E-state index < -0.39 is 11.6 Å². The molecule has 21 heavy (non-hydrogen) atoms. The molecule has 1 heterocycles. The van der Waals surface area contributed by atoms with Crippen LogP contribution in [0.15, 0.2) is 52.3 Å². The average Bonchev–Trinajstić information content (AvgIpc) is 2.51. The Bertz CT molecular complexity index is 624. The minimum absolute atomic E-state index is 0.470. The van der Waals surface area contributed by atoms with Gasteiger partial charge in [-0.25, -0.2) is 8.78 Å². The summed E-state index contributed by atoms with van der Waals surface area (Å²) in [4.78, 5) is 1.53. The molecular weight excluding hydrogens is 288 g/mol. The third-order valence-corrected chi connectivity index (χ3v) is 4.95. The standard InChI is InChI=1S/C17H17F2NS/c18-13-5-6-17(15(19)11-13)21-16-4-2-1-3-14(16)12-7-9-20-10-8-12/h1-6,11-12,20H,7-10H2. The van der Waals surface area contributed by atoms with Crippen LogP contribution in [0.25, 0.3) is 0 Å².